The molecule has 0 radical (unpaired) electrons. The Morgan fingerprint density at radius 2 is 0.538 bits per heavy atom. The van der Waals surface area contributed by atoms with Crippen LogP contribution in [0.15, 0.2) is 36.4 Å². The maximum atomic E-state index is 2.94. The van der Waals surface area contributed by atoms with Crippen LogP contribution in [0.5, 0.6) is 0 Å². The summed E-state index contributed by atoms with van der Waals surface area (Å²) in [5.41, 5.74) is 0. The monoisotopic (exact) mass is 572 g/mol. The third-order valence-electron chi connectivity index (χ3n) is 0.667. The minimum Gasteiger partial charge on any atom is -0.114 e. The molecule has 0 atom stereocenters. The molecule has 0 saturated heterocycles. The summed E-state index contributed by atoms with van der Waals surface area (Å²) in [6.45, 7) is 0. The molecule has 1 aromatic rings. The van der Waals surface area contributed by atoms with Crippen molar-refractivity contribution in [1.29, 1.82) is 0 Å². The Hall–Kier alpha value is 2.10. The first-order valence-corrected chi connectivity index (χ1v) is 3.96. The number of halogens is 6. The van der Waals surface area contributed by atoms with Gasteiger partial charge < -0.3 is 0 Å². The van der Waals surface area contributed by atoms with E-state index in [2.05, 4.69) is 15.9 Å². The van der Waals surface area contributed by atoms with Crippen LogP contribution in [0.3, 0.4) is 0 Å². The molecule has 0 amide bonds. The SMILES string of the molecule is Br.Br.Br.Br.Br.CBr.c1ccccc1. The van der Waals surface area contributed by atoms with Crippen LogP contribution in [0, 0.1) is 0 Å². The van der Waals surface area contributed by atoms with Crippen molar-refractivity contribution >= 4 is 101 Å². The summed E-state index contributed by atoms with van der Waals surface area (Å²) in [6, 6.07) is 12.0. The second-order valence-corrected chi connectivity index (χ2v) is 1.15. The third kappa shape index (κ3) is 31.5. The van der Waals surface area contributed by atoms with Crippen LogP contribution < -0.4 is 0 Å². The summed E-state index contributed by atoms with van der Waals surface area (Å²) in [7, 11) is 0. The molecule has 0 heterocycles. The molecule has 0 spiro atoms. The average molecular weight is 578 g/mol. The minimum atomic E-state index is 0. The number of rotatable bonds is 0. The molecule has 0 aliphatic rings. The van der Waals surface area contributed by atoms with Crippen LogP contribution in [0.25, 0.3) is 0 Å². The van der Waals surface area contributed by atoms with Gasteiger partial charge in [-0.25, -0.2) is 0 Å². The summed E-state index contributed by atoms with van der Waals surface area (Å²) in [5.74, 6) is 1.81. The van der Waals surface area contributed by atoms with Crippen LogP contribution in [0.1, 0.15) is 0 Å². The first kappa shape index (κ1) is 36.3. The molecule has 0 fully saturated rings. The summed E-state index contributed by atoms with van der Waals surface area (Å²) in [5, 5.41) is 0. The highest BCUT2D eigenvalue weighted by Gasteiger charge is 1.57. The lowest BCUT2D eigenvalue weighted by atomic mass is 10.4. The van der Waals surface area contributed by atoms with E-state index in [4.69, 9.17) is 0 Å². The van der Waals surface area contributed by atoms with Gasteiger partial charge >= 0.3 is 0 Å². The van der Waals surface area contributed by atoms with Crippen LogP contribution in [0.4, 0.5) is 0 Å². The Labute approximate surface area is 141 Å². The molecule has 0 bridgehead atoms. The zero-order valence-electron chi connectivity index (χ0n) is 6.88. The first-order chi connectivity index (χ1) is 4.00. The molecule has 1 rings (SSSR count). The smallest absolute Gasteiger partial charge is 0.00848 e. The molecular formula is C7H14Br6. The standard InChI is InChI=1S/C6H6.CH3Br.5BrH/c1-2-4-6-5-3-1;1-2;;;;;/h1-6H;1H3;5*1H. The van der Waals surface area contributed by atoms with Crippen LogP contribution in [-0.2, 0) is 0 Å². The Morgan fingerprint density at radius 1 is 0.462 bits per heavy atom. The normalized spacial score (nSPS) is 4.15. The van der Waals surface area contributed by atoms with Crippen LogP contribution >= 0.6 is 101 Å². The van der Waals surface area contributed by atoms with Gasteiger partial charge in [-0.05, 0) is 5.83 Å². The lowest BCUT2D eigenvalue weighted by Crippen LogP contribution is -1.47. The van der Waals surface area contributed by atoms with Gasteiger partial charge in [-0.15, -0.1) is 84.9 Å². The second kappa shape index (κ2) is 36.9. The molecule has 0 saturated carbocycles. The van der Waals surface area contributed by atoms with Crippen LogP contribution in [-0.4, -0.2) is 5.83 Å². The van der Waals surface area contributed by atoms with E-state index in [1.807, 2.05) is 42.2 Å². The van der Waals surface area contributed by atoms with E-state index < -0.39 is 0 Å². The maximum absolute atomic E-state index is 2.94. The van der Waals surface area contributed by atoms with Crippen molar-refractivity contribution in [3.05, 3.63) is 36.4 Å². The van der Waals surface area contributed by atoms with E-state index in [1.54, 1.807) is 0 Å². The number of hydrogen-bond donors (Lipinski definition) is 0. The molecule has 0 N–H and O–H groups in total. The lowest BCUT2D eigenvalue weighted by molar-refractivity contribution is 1.72. The van der Waals surface area contributed by atoms with E-state index >= 15 is 0 Å². The minimum absolute atomic E-state index is 0. The van der Waals surface area contributed by atoms with Crippen molar-refractivity contribution in [1.82, 2.24) is 0 Å². The molecule has 6 heteroatoms. The van der Waals surface area contributed by atoms with Crippen LogP contribution in [0.2, 0.25) is 0 Å². The summed E-state index contributed by atoms with van der Waals surface area (Å²) in [4.78, 5) is 0. The maximum Gasteiger partial charge on any atom is -0.00848 e. The summed E-state index contributed by atoms with van der Waals surface area (Å²) >= 11 is 2.94. The summed E-state index contributed by atoms with van der Waals surface area (Å²) < 4.78 is 0. The quantitative estimate of drug-likeness (QED) is 0.353. The second-order valence-electron chi connectivity index (χ2n) is 1.15. The topological polar surface area (TPSA) is 0 Å². The van der Waals surface area contributed by atoms with Gasteiger partial charge in [0.2, 0.25) is 0 Å². The van der Waals surface area contributed by atoms with Crippen molar-refractivity contribution in [2.24, 2.45) is 0 Å². The predicted molar refractivity (Wildman–Crippen MR) is 92.9 cm³/mol. The Morgan fingerprint density at radius 3 is 0.615 bits per heavy atom. The number of alkyl halides is 1. The highest BCUT2D eigenvalue weighted by Crippen LogP contribution is 1.79. The zero-order chi connectivity index (χ0) is 6.24. The molecule has 0 unspecified atom stereocenters. The van der Waals surface area contributed by atoms with Gasteiger partial charge in [0.25, 0.3) is 0 Å². The van der Waals surface area contributed by atoms with E-state index in [1.165, 1.54) is 0 Å². The molecular weight excluding hydrogens is 564 g/mol. The van der Waals surface area contributed by atoms with Crippen molar-refractivity contribution in [2.45, 2.75) is 0 Å². The lowest BCUT2D eigenvalue weighted by Gasteiger charge is -1.69. The fourth-order valence-corrected chi connectivity index (χ4v) is 0.385. The van der Waals surface area contributed by atoms with Crippen molar-refractivity contribution in [3.8, 4) is 0 Å². The predicted octanol–water partition coefficient (Wildman–Crippen LogP) is 5.59. The molecule has 1 aromatic carbocycles. The van der Waals surface area contributed by atoms with E-state index in [9.17, 15) is 0 Å². The van der Waals surface area contributed by atoms with Crippen molar-refractivity contribution in [3.63, 3.8) is 0 Å². The molecule has 84 valence electrons. The average Bonchev–Trinajstić information content (AvgIpc) is 1.96. The molecule has 0 aliphatic carbocycles. The molecule has 0 aromatic heterocycles. The molecule has 13 heavy (non-hydrogen) atoms. The largest absolute Gasteiger partial charge is 0.114 e. The fraction of sp³-hybridized carbons (Fsp3) is 0.143. The van der Waals surface area contributed by atoms with Gasteiger partial charge in [0.1, 0.15) is 0 Å². The van der Waals surface area contributed by atoms with Gasteiger partial charge in [0.15, 0.2) is 0 Å². The number of hydrogen-bond acceptors (Lipinski definition) is 0. The molecule has 0 aliphatic heterocycles. The Kier molecular flexibility index (Phi) is 103. The van der Waals surface area contributed by atoms with E-state index in [0.29, 0.717) is 0 Å². The fourth-order valence-electron chi connectivity index (χ4n) is 0.385. The highest BCUT2D eigenvalue weighted by atomic mass is 79.9. The van der Waals surface area contributed by atoms with Gasteiger partial charge in [0, 0.05) is 0 Å². The van der Waals surface area contributed by atoms with Crippen molar-refractivity contribution in [2.75, 3.05) is 5.83 Å². The van der Waals surface area contributed by atoms with Gasteiger partial charge in [-0.2, -0.15) is 0 Å². The Bertz CT molecular complexity index is 84.9. The van der Waals surface area contributed by atoms with Gasteiger partial charge in [0.05, 0.1) is 0 Å². The molecule has 0 nitrogen and oxygen atoms in total. The van der Waals surface area contributed by atoms with E-state index in [-0.39, 0.29) is 84.9 Å². The van der Waals surface area contributed by atoms with Gasteiger partial charge in [-0.3, -0.25) is 0 Å². The van der Waals surface area contributed by atoms with Crippen molar-refractivity contribution < 1.29 is 0 Å². The first-order valence-electron chi connectivity index (χ1n) is 2.38. The third-order valence-corrected chi connectivity index (χ3v) is 0.667. The Balaban J connectivity index is -0.0000000166. The number of benzene rings is 1. The zero-order valence-corrected chi connectivity index (χ0v) is 17.0. The van der Waals surface area contributed by atoms with Gasteiger partial charge in [-0.1, -0.05) is 52.3 Å². The summed E-state index contributed by atoms with van der Waals surface area (Å²) in [6.07, 6.45) is 0. The highest BCUT2D eigenvalue weighted by molar-refractivity contribution is 9.08. The van der Waals surface area contributed by atoms with E-state index in [0.717, 1.165) is 0 Å².